The summed E-state index contributed by atoms with van der Waals surface area (Å²) in [4.78, 5) is 15.3. The van der Waals surface area contributed by atoms with Crippen LogP contribution in [0.5, 0.6) is 0 Å². The van der Waals surface area contributed by atoms with E-state index in [4.69, 9.17) is 0 Å². The van der Waals surface area contributed by atoms with Gasteiger partial charge in [-0.05, 0) is 6.92 Å². The molecule has 2 aromatic heterocycles. The molecular formula is C6H7N5O. The highest BCUT2D eigenvalue weighted by atomic mass is 16.2. The lowest BCUT2D eigenvalue weighted by Gasteiger charge is -1.95. The molecule has 0 aliphatic carbocycles. The fraction of sp³-hybridized carbons (Fsp3) is 0.333. The lowest BCUT2D eigenvalue weighted by Crippen LogP contribution is -2.28. The minimum absolute atomic E-state index is 0.227. The van der Waals surface area contributed by atoms with Crippen LogP contribution in [0, 0.1) is 6.92 Å². The van der Waals surface area contributed by atoms with Crippen molar-refractivity contribution in [2.24, 2.45) is 7.05 Å². The zero-order valence-electron chi connectivity index (χ0n) is 6.72. The molecule has 0 saturated heterocycles. The predicted octanol–water partition coefficient (Wildman–Crippen LogP) is -0.869. The van der Waals surface area contributed by atoms with Crippen LogP contribution in [-0.2, 0) is 7.05 Å². The maximum Gasteiger partial charge on any atom is 0.352 e. The Morgan fingerprint density at radius 2 is 2.25 bits per heavy atom. The second kappa shape index (κ2) is 2.13. The minimum Gasteiger partial charge on any atom is -0.245 e. The van der Waals surface area contributed by atoms with E-state index in [-0.39, 0.29) is 5.69 Å². The summed E-state index contributed by atoms with van der Waals surface area (Å²) in [5, 5.41) is 7.39. The normalized spacial score (nSPS) is 10.8. The van der Waals surface area contributed by atoms with Crippen LogP contribution in [0.2, 0.25) is 0 Å². The smallest absolute Gasteiger partial charge is 0.245 e. The van der Waals surface area contributed by atoms with Crippen molar-refractivity contribution >= 4 is 5.65 Å². The molecule has 0 saturated carbocycles. The highest BCUT2D eigenvalue weighted by Gasteiger charge is 2.04. The Morgan fingerprint density at radius 1 is 1.50 bits per heavy atom. The van der Waals surface area contributed by atoms with Gasteiger partial charge in [0.25, 0.3) is 0 Å². The van der Waals surface area contributed by atoms with E-state index in [1.54, 1.807) is 14.0 Å². The third-order valence-corrected chi connectivity index (χ3v) is 1.67. The molecule has 2 aromatic rings. The maximum absolute atomic E-state index is 11.4. The lowest BCUT2D eigenvalue weighted by molar-refractivity contribution is 0.603. The molecule has 0 fully saturated rings. The van der Waals surface area contributed by atoms with Crippen molar-refractivity contribution < 1.29 is 0 Å². The van der Waals surface area contributed by atoms with Crippen molar-refractivity contribution in [2.75, 3.05) is 0 Å². The first-order valence-electron chi connectivity index (χ1n) is 3.44. The minimum atomic E-state index is -0.227. The second-order valence-electron chi connectivity index (χ2n) is 2.49. The first kappa shape index (κ1) is 6.96. The summed E-state index contributed by atoms with van der Waals surface area (Å²) in [7, 11) is 1.55. The topological polar surface area (TPSA) is 65.1 Å². The Bertz CT molecular complexity index is 482. The van der Waals surface area contributed by atoms with E-state index in [0.717, 1.165) is 0 Å². The Balaban J connectivity index is 3.06. The number of hydrogen-bond acceptors (Lipinski definition) is 4. The van der Waals surface area contributed by atoms with Gasteiger partial charge in [0, 0.05) is 7.05 Å². The van der Waals surface area contributed by atoms with Crippen molar-refractivity contribution in [1.82, 2.24) is 24.4 Å². The van der Waals surface area contributed by atoms with Gasteiger partial charge in [-0.15, -0.1) is 5.10 Å². The zero-order chi connectivity index (χ0) is 8.72. The van der Waals surface area contributed by atoms with Gasteiger partial charge in [0.1, 0.15) is 5.82 Å². The van der Waals surface area contributed by atoms with Crippen LogP contribution in [0.4, 0.5) is 0 Å². The average molecular weight is 165 g/mol. The summed E-state index contributed by atoms with van der Waals surface area (Å²) in [5.41, 5.74) is 0.255. The molecule has 0 spiro atoms. The van der Waals surface area contributed by atoms with Gasteiger partial charge in [-0.1, -0.05) is 5.21 Å². The van der Waals surface area contributed by atoms with Crippen molar-refractivity contribution in [1.29, 1.82) is 0 Å². The molecule has 0 bridgehead atoms. The molecule has 2 heterocycles. The number of nitrogens with zero attached hydrogens (tertiary/aromatic N) is 5. The number of aromatic nitrogens is 5. The van der Waals surface area contributed by atoms with E-state index in [2.05, 4.69) is 15.3 Å². The highest BCUT2D eigenvalue weighted by molar-refractivity contribution is 5.33. The van der Waals surface area contributed by atoms with Crippen LogP contribution in [0.25, 0.3) is 5.65 Å². The first-order valence-corrected chi connectivity index (χ1v) is 3.44. The van der Waals surface area contributed by atoms with Gasteiger partial charge < -0.3 is 0 Å². The van der Waals surface area contributed by atoms with Crippen LogP contribution < -0.4 is 5.69 Å². The molecule has 12 heavy (non-hydrogen) atoms. The molecule has 62 valence electrons. The zero-order valence-corrected chi connectivity index (χ0v) is 6.72. The third-order valence-electron chi connectivity index (χ3n) is 1.67. The molecule has 0 atom stereocenters. The van der Waals surface area contributed by atoms with Crippen molar-refractivity contribution in [3.8, 4) is 0 Å². The van der Waals surface area contributed by atoms with E-state index in [1.807, 2.05) is 0 Å². The molecule has 0 radical (unpaired) electrons. The molecule has 0 amide bonds. The molecular weight excluding hydrogens is 158 g/mol. The number of rotatable bonds is 0. The van der Waals surface area contributed by atoms with Crippen molar-refractivity contribution in [2.45, 2.75) is 6.92 Å². The molecule has 0 aliphatic rings. The van der Waals surface area contributed by atoms with Gasteiger partial charge in [0.2, 0.25) is 0 Å². The van der Waals surface area contributed by atoms with Gasteiger partial charge in [0.15, 0.2) is 5.65 Å². The van der Waals surface area contributed by atoms with Crippen LogP contribution in [0.3, 0.4) is 0 Å². The van der Waals surface area contributed by atoms with E-state index in [0.29, 0.717) is 11.5 Å². The molecule has 6 nitrogen and oxygen atoms in total. The molecule has 0 aromatic carbocycles. The summed E-state index contributed by atoms with van der Waals surface area (Å²) < 4.78 is 2.58. The van der Waals surface area contributed by atoms with E-state index in [1.165, 1.54) is 15.3 Å². The predicted molar refractivity (Wildman–Crippen MR) is 40.8 cm³/mol. The van der Waals surface area contributed by atoms with Crippen LogP contribution in [-0.4, -0.2) is 24.4 Å². The summed E-state index contributed by atoms with van der Waals surface area (Å²) in [6.07, 6.45) is 1.52. The van der Waals surface area contributed by atoms with E-state index >= 15 is 0 Å². The summed E-state index contributed by atoms with van der Waals surface area (Å²) >= 11 is 0. The fourth-order valence-corrected chi connectivity index (χ4v) is 1.04. The Morgan fingerprint density at radius 3 is 3.00 bits per heavy atom. The molecule has 6 heteroatoms. The standard InChI is InChI=1S/C6H7N5O/c1-4-7-3-5-8-9-10(2)6(12)11(4)5/h3H,1-2H3. The Labute approximate surface area is 67.5 Å². The Hall–Kier alpha value is -1.72. The SMILES string of the molecule is Cc1ncc2nnn(C)c(=O)n12. The molecule has 2 rings (SSSR count). The Kier molecular flexibility index (Phi) is 1.24. The van der Waals surface area contributed by atoms with Crippen LogP contribution in [0.1, 0.15) is 5.82 Å². The van der Waals surface area contributed by atoms with Crippen LogP contribution in [0.15, 0.2) is 11.0 Å². The summed E-state index contributed by atoms with van der Waals surface area (Å²) in [6, 6.07) is 0. The monoisotopic (exact) mass is 165 g/mol. The van der Waals surface area contributed by atoms with Gasteiger partial charge in [0.05, 0.1) is 6.20 Å². The largest absolute Gasteiger partial charge is 0.352 e. The quantitative estimate of drug-likeness (QED) is 0.509. The van der Waals surface area contributed by atoms with Crippen molar-refractivity contribution in [3.63, 3.8) is 0 Å². The summed E-state index contributed by atoms with van der Waals surface area (Å²) in [6.45, 7) is 1.75. The van der Waals surface area contributed by atoms with Crippen LogP contribution >= 0.6 is 0 Å². The average Bonchev–Trinajstić information content (AvgIpc) is 2.41. The van der Waals surface area contributed by atoms with Gasteiger partial charge in [-0.2, -0.15) is 4.68 Å². The molecule has 0 N–H and O–H groups in total. The van der Waals surface area contributed by atoms with E-state index in [9.17, 15) is 4.79 Å². The number of aryl methyl sites for hydroxylation is 2. The van der Waals surface area contributed by atoms with E-state index < -0.39 is 0 Å². The molecule has 0 unspecified atom stereocenters. The number of hydrogen-bond donors (Lipinski definition) is 0. The van der Waals surface area contributed by atoms with Crippen molar-refractivity contribution in [3.05, 3.63) is 22.5 Å². The van der Waals surface area contributed by atoms with Gasteiger partial charge in [-0.3, -0.25) is 0 Å². The third kappa shape index (κ3) is 0.744. The maximum atomic E-state index is 11.4. The number of fused-ring (bicyclic) bond motifs is 1. The first-order chi connectivity index (χ1) is 5.70. The number of imidazole rings is 1. The highest BCUT2D eigenvalue weighted by Crippen LogP contribution is 1.95. The van der Waals surface area contributed by atoms with Gasteiger partial charge >= 0.3 is 5.69 Å². The fourth-order valence-electron chi connectivity index (χ4n) is 1.04. The lowest BCUT2D eigenvalue weighted by atomic mass is 10.7. The van der Waals surface area contributed by atoms with Gasteiger partial charge in [-0.25, -0.2) is 14.2 Å². The second-order valence-corrected chi connectivity index (χ2v) is 2.49. The summed E-state index contributed by atoms with van der Waals surface area (Å²) in [5.74, 6) is 0.625. The molecule has 0 aliphatic heterocycles.